The molecule has 7 heteroatoms. The molecular formula is C12H11BrClNO2S2. The highest BCUT2D eigenvalue weighted by molar-refractivity contribution is 9.11. The van der Waals surface area contributed by atoms with E-state index in [9.17, 15) is 8.42 Å². The number of anilines is 1. The molecule has 0 amide bonds. The molecule has 0 spiro atoms. The SMILES string of the molecule is Cc1sc(Br)cc1S(=O)(=O)Nc1ccc(CCl)cc1. The lowest BCUT2D eigenvalue weighted by molar-refractivity contribution is 0.601. The molecule has 1 aromatic carbocycles. The fourth-order valence-corrected chi connectivity index (χ4v) is 5.22. The minimum absolute atomic E-state index is 0.297. The fourth-order valence-electron chi connectivity index (χ4n) is 1.57. The predicted molar refractivity (Wildman–Crippen MR) is 83.6 cm³/mol. The molecule has 1 aromatic heterocycles. The first-order valence-electron chi connectivity index (χ1n) is 5.36. The van der Waals surface area contributed by atoms with E-state index in [1.54, 1.807) is 37.3 Å². The second-order valence-electron chi connectivity index (χ2n) is 3.91. The number of sulfonamides is 1. The van der Waals surface area contributed by atoms with E-state index in [1.165, 1.54) is 11.3 Å². The van der Waals surface area contributed by atoms with E-state index in [2.05, 4.69) is 20.7 Å². The van der Waals surface area contributed by atoms with Crippen LogP contribution in [-0.4, -0.2) is 8.42 Å². The van der Waals surface area contributed by atoms with Gasteiger partial charge in [0, 0.05) is 16.4 Å². The highest BCUT2D eigenvalue weighted by Gasteiger charge is 2.19. The Morgan fingerprint density at radius 2 is 1.95 bits per heavy atom. The van der Waals surface area contributed by atoms with Gasteiger partial charge in [-0.25, -0.2) is 8.42 Å². The molecule has 0 fully saturated rings. The van der Waals surface area contributed by atoms with Gasteiger partial charge in [-0.1, -0.05) is 12.1 Å². The van der Waals surface area contributed by atoms with Crippen LogP contribution in [0.4, 0.5) is 5.69 Å². The lowest BCUT2D eigenvalue weighted by Crippen LogP contribution is -2.13. The van der Waals surface area contributed by atoms with Crippen molar-refractivity contribution in [3.8, 4) is 0 Å². The first-order valence-corrected chi connectivity index (χ1v) is 8.99. The number of benzene rings is 1. The molecule has 0 unspecified atom stereocenters. The Kier molecular flexibility index (Phi) is 4.55. The van der Waals surface area contributed by atoms with Gasteiger partial charge in [0.25, 0.3) is 10.0 Å². The summed E-state index contributed by atoms with van der Waals surface area (Å²) >= 11 is 10.4. The molecule has 0 aliphatic carbocycles. The summed E-state index contributed by atoms with van der Waals surface area (Å²) in [4.78, 5) is 1.04. The highest BCUT2D eigenvalue weighted by Crippen LogP contribution is 2.30. The first-order chi connectivity index (χ1) is 8.92. The topological polar surface area (TPSA) is 46.2 Å². The van der Waals surface area contributed by atoms with Crippen molar-refractivity contribution >= 4 is 54.6 Å². The average Bonchev–Trinajstić information content (AvgIpc) is 2.70. The van der Waals surface area contributed by atoms with Crippen LogP contribution in [0.1, 0.15) is 10.4 Å². The van der Waals surface area contributed by atoms with E-state index in [0.717, 1.165) is 14.2 Å². The molecule has 2 rings (SSSR count). The van der Waals surface area contributed by atoms with Gasteiger partial charge in [0.1, 0.15) is 4.90 Å². The number of rotatable bonds is 4. The summed E-state index contributed by atoms with van der Waals surface area (Å²) in [6, 6.07) is 8.59. The van der Waals surface area contributed by atoms with E-state index in [-0.39, 0.29) is 0 Å². The monoisotopic (exact) mass is 379 g/mol. The number of thiophene rings is 1. The molecule has 0 atom stereocenters. The molecule has 0 radical (unpaired) electrons. The van der Waals surface area contributed by atoms with E-state index >= 15 is 0 Å². The van der Waals surface area contributed by atoms with Crippen molar-refractivity contribution in [2.75, 3.05) is 4.72 Å². The van der Waals surface area contributed by atoms with Crippen molar-refractivity contribution in [1.82, 2.24) is 0 Å². The standard InChI is InChI=1S/C12H11BrClNO2S2/c1-8-11(6-12(13)18-8)19(16,17)15-10-4-2-9(7-14)3-5-10/h2-6,15H,7H2,1H3. The molecule has 0 bridgehead atoms. The fraction of sp³-hybridized carbons (Fsp3) is 0.167. The molecule has 0 aliphatic rings. The van der Waals surface area contributed by atoms with Crippen LogP contribution in [0, 0.1) is 6.92 Å². The summed E-state index contributed by atoms with van der Waals surface area (Å²) in [5.74, 6) is 0.406. The number of aryl methyl sites for hydroxylation is 1. The average molecular weight is 381 g/mol. The maximum atomic E-state index is 12.2. The number of halogens is 2. The van der Waals surface area contributed by atoms with Crippen LogP contribution < -0.4 is 4.72 Å². The predicted octanol–water partition coefficient (Wildman–Crippen LogP) is 4.36. The third kappa shape index (κ3) is 3.51. The van der Waals surface area contributed by atoms with Crippen molar-refractivity contribution in [3.63, 3.8) is 0 Å². The van der Waals surface area contributed by atoms with Gasteiger partial charge < -0.3 is 0 Å². The van der Waals surface area contributed by atoms with Crippen LogP contribution in [-0.2, 0) is 15.9 Å². The molecule has 1 N–H and O–H groups in total. The van der Waals surface area contributed by atoms with Gasteiger partial charge in [0.05, 0.1) is 3.79 Å². The van der Waals surface area contributed by atoms with Gasteiger partial charge in [-0.05, 0) is 46.6 Å². The Bertz CT molecular complexity index is 680. The third-order valence-electron chi connectivity index (χ3n) is 2.49. The van der Waals surface area contributed by atoms with Crippen LogP contribution in [0.2, 0.25) is 0 Å². The van der Waals surface area contributed by atoms with Gasteiger partial charge in [-0.3, -0.25) is 4.72 Å². The second kappa shape index (κ2) is 5.83. The van der Waals surface area contributed by atoms with Crippen molar-refractivity contribution in [3.05, 3.63) is 44.6 Å². The van der Waals surface area contributed by atoms with E-state index in [1.807, 2.05) is 0 Å². The molecule has 19 heavy (non-hydrogen) atoms. The van der Waals surface area contributed by atoms with Gasteiger partial charge in [-0.15, -0.1) is 22.9 Å². The molecule has 102 valence electrons. The summed E-state index contributed by atoms with van der Waals surface area (Å²) in [6.07, 6.45) is 0. The van der Waals surface area contributed by atoms with E-state index < -0.39 is 10.0 Å². The first kappa shape index (κ1) is 14.8. The Hall–Kier alpha value is -0.560. The highest BCUT2D eigenvalue weighted by atomic mass is 79.9. The Morgan fingerprint density at radius 3 is 2.42 bits per heavy atom. The Balaban J connectivity index is 2.28. The second-order valence-corrected chi connectivity index (χ2v) is 8.46. The zero-order valence-corrected chi connectivity index (χ0v) is 14.0. The van der Waals surface area contributed by atoms with Gasteiger partial charge in [0.2, 0.25) is 0 Å². The Labute approximate surface area is 129 Å². The maximum absolute atomic E-state index is 12.2. The molecule has 0 aliphatic heterocycles. The summed E-state index contributed by atoms with van der Waals surface area (Å²) in [6.45, 7) is 1.78. The summed E-state index contributed by atoms with van der Waals surface area (Å²) in [7, 11) is -3.55. The molecule has 1 heterocycles. The number of hydrogen-bond donors (Lipinski definition) is 1. The third-order valence-corrected chi connectivity index (χ3v) is 5.99. The summed E-state index contributed by atoms with van der Waals surface area (Å²) in [5, 5.41) is 0. The maximum Gasteiger partial charge on any atom is 0.263 e. The van der Waals surface area contributed by atoms with Crippen LogP contribution in [0.3, 0.4) is 0 Å². The summed E-state index contributed by atoms with van der Waals surface area (Å²) in [5.41, 5.74) is 1.47. The van der Waals surface area contributed by atoms with Gasteiger partial charge >= 0.3 is 0 Å². The molecule has 2 aromatic rings. The van der Waals surface area contributed by atoms with Crippen molar-refractivity contribution < 1.29 is 8.42 Å². The lowest BCUT2D eigenvalue weighted by Gasteiger charge is -2.07. The normalized spacial score (nSPS) is 11.5. The number of hydrogen-bond acceptors (Lipinski definition) is 3. The van der Waals surface area contributed by atoms with Gasteiger partial charge in [0.15, 0.2) is 0 Å². The smallest absolute Gasteiger partial charge is 0.263 e. The van der Waals surface area contributed by atoms with Gasteiger partial charge in [-0.2, -0.15) is 0 Å². The zero-order valence-electron chi connectivity index (χ0n) is 9.98. The van der Waals surface area contributed by atoms with Crippen molar-refractivity contribution in [2.24, 2.45) is 0 Å². The largest absolute Gasteiger partial charge is 0.280 e. The van der Waals surface area contributed by atoms with Crippen LogP contribution in [0.15, 0.2) is 39.0 Å². The molecule has 3 nitrogen and oxygen atoms in total. The molecule has 0 saturated heterocycles. The van der Waals surface area contributed by atoms with Crippen LogP contribution in [0.5, 0.6) is 0 Å². The van der Waals surface area contributed by atoms with Crippen LogP contribution in [0.25, 0.3) is 0 Å². The number of alkyl halides is 1. The van der Waals surface area contributed by atoms with Crippen LogP contribution >= 0.6 is 38.9 Å². The molecule has 0 saturated carbocycles. The lowest BCUT2D eigenvalue weighted by atomic mass is 10.2. The van der Waals surface area contributed by atoms with Crippen molar-refractivity contribution in [2.45, 2.75) is 17.7 Å². The Morgan fingerprint density at radius 1 is 1.32 bits per heavy atom. The zero-order chi connectivity index (χ0) is 14.0. The quantitative estimate of drug-likeness (QED) is 0.801. The summed E-state index contributed by atoms with van der Waals surface area (Å²) < 4.78 is 27.8. The van der Waals surface area contributed by atoms with E-state index in [4.69, 9.17) is 11.6 Å². The minimum Gasteiger partial charge on any atom is -0.280 e. The van der Waals surface area contributed by atoms with E-state index in [0.29, 0.717) is 16.5 Å². The molecular weight excluding hydrogens is 370 g/mol. The van der Waals surface area contributed by atoms with Crippen molar-refractivity contribution in [1.29, 1.82) is 0 Å². The minimum atomic E-state index is -3.55. The number of nitrogens with one attached hydrogen (secondary N) is 1.